The van der Waals surface area contributed by atoms with E-state index in [4.69, 9.17) is 20.4 Å². The molecule has 6 nitrogen and oxygen atoms in total. The van der Waals surface area contributed by atoms with E-state index >= 15 is 0 Å². The summed E-state index contributed by atoms with van der Waals surface area (Å²) in [6.45, 7) is 0. The second-order valence-corrected chi connectivity index (χ2v) is 3.45. The first-order valence-corrected chi connectivity index (χ1v) is 5.10. The normalized spacial score (nSPS) is 10.6. The predicted molar refractivity (Wildman–Crippen MR) is 64.2 cm³/mol. The molecule has 9 heteroatoms. The first-order valence-electron chi connectivity index (χ1n) is 5.10. The van der Waals surface area contributed by atoms with Gasteiger partial charge in [0.05, 0.1) is 24.3 Å². The van der Waals surface area contributed by atoms with E-state index in [1.54, 1.807) is 13.2 Å². The first kappa shape index (κ1) is 15.5. The number of alkyl halides is 3. The van der Waals surface area contributed by atoms with Gasteiger partial charge in [0.15, 0.2) is 0 Å². The average Bonchev–Trinajstić information content (AvgIpc) is 2.37. The molecule has 0 aliphatic rings. The smallest absolute Gasteiger partial charge is 0.490 e. The van der Waals surface area contributed by atoms with Crippen LogP contribution < -0.4 is 10.5 Å². The van der Waals surface area contributed by atoms with Gasteiger partial charge in [-0.1, -0.05) is 0 Å². The molecule has 0 unspecified atom stereocenters. The number of carboxylic acids is 1. The van der Waals surface area contributed by atoms with Crippen LogP contribution in [0.15, 0.2) is 24.4 Å². The maximum absolute atomic E-state index is 10.6. The molecule has 0 aliphatic carbocycles. The van der Waals surface area contributed by atoms with Crippen molar-refractivity contribution in [3.05, 3.63) is 24.4 Å². The van der Waals surface area contributed by atoms with Crippen LogP contribution in [-0.2, 0) is 4.79 Å². The van der Waals surface area contributed by atoms with Crippen molar-refractivity contribution in [2.45, 2.75) is 6.18 Å². The van der Waals surface area contributed by atoms with Crippen LogP contribution in [0.4, 0.5) is 19.0 Å². The molecule has 0 fully saturated rings. The highest BCUT2D eigenvalue weighted by molar-refractivity contribution is 5.76. The van der Waals surface area contributed by atoms with Crippen molar-refractivity contribution < 1.29 is 27.8 Å². The lowest BCUT2D eigenvalue weighted by atomic mass is 10.3. The largest absolute Gasteiger partial charge is 0.497 e. The Bertz CT molecular complexity index is 617. The predicted octanol–water partition coefficient (Wildman–Crippen LogP) is 1.85. The summed E-state index contributed by atoms with van der Waals surface area (Å²) in [5.41, 5.74) is 7.07. The molecule has 2 aromatic rings. The quantitative estimate of drug-likeness (QED) is 0.831. The molecule has 0 radical (unpaired) electrons. The minimum absolute atomic E-state index is 0.417. The lowest BCUT2D eigenvalue weighted by Gasteiger charge is -2.01. The van der Waals surface area contributed by atoms with Gasteiger partial charge in [-0.15, -0.1) is 0 Å². The number of carbonyl (C=O) groups is 1. The highest BCUT2D eigenvalue weighted by atomic mass is 19.4. The summed E-state index contributed by atoms with van der Waals surface area (Å²) in [7, 11) is 1.61. The van der Waals surface area contributed by atoms with Crippen molar-refractivity contribution in [2.24, 2.45) is 0 Å². The molecule has 3 N–H and O–H groups in total. The molecule has 0 saturated heterocycles. The van der Waals surface area contributed by atoms with Crippen molar-refractivity contribution in [2.75, 3.05) is 12.8 Å². The van der Waals surface area contributed by atoms with E-state index in [1.807, 2.05) is 12.1 Å². The Morgan fingerprint density at radius 3 is 2.45 bits per heavy atom. The Hall–Kier alpha value is -2.58. The van der Waals surface area contributed by atoms with E-state index in [0.717, 1.165) is 16.8 Å². The Labute approximate surface area is 111 Å². The number of aromatic nitrogens is 2. The van der Waals surface area contributed by atoms with Crippen LogP contribution in [0.5, 0.6) is 5.75 Å². The molecule has 1 aromatic carbocycles. The number of hydrogen-bond donors (Lipinski definition) is 2. The third-order valence-electron chi connectivity index (χ3n) is 2.01. The molecule has 108 valence electrons. The zero-order valence-corrected chi connectivity index (χ0v) is 10.2. The number of anilines is 1. The zero-order chi connectivity index (χ0) is 15.3. The summed E-state index contributed by atoms with van der Waals surface area (Å²) in [5.74, 6) is -1.58. The fraction of sp³-hybridized carbons (Fsp3) is 0.182. The molecule has 0 bridgehead atoms. The average molecular weight is 289 g/mol. The molecule has 1 heterocycles. The van der Waals surface area contributed by atoms with Crippen LogP contribution in [-0.4, -0.2) is 34.3 Å². The number of hydrogen-bond acceptors (Lipinski definition) is 5. The molecular formula is C11H10F3N3O3. The molecule has 0 amide bonds. The summed E-state index contributed by atoms with van der Waals surface area (Å²) in [6, 6.07) is 5.49. The minimum Gasteiger partial charge on any atom is -0.497 e. The second kappa shape index (κ2) is 6.04. The Morgan fingerprint density at radius 1 is 1.35 bits per heavy atom. The Morgan fingerprint density at radius 2 is 1.95 bits per heavy atom. The molecule has 0 saturated carbocycles. The van der Waals surface area contributed by atoms with E-state index in [9.17, 15) is 13.2 Å². The topological polar surface area (TPSA) is 98.3 Å². The van der Waals surface area contributed by atoms with Crippen molar-refractivity contribution >= 4 is 22.8 Å². The molecule has 20 heavy (non-hydrogen) atoms. The first-order chi connectivity index (χ1) is 9.24. The third kappa shape index (κ3) is 4.26. The van der Waals surface area contributed by atoms with Gasteiger partial charge in [-0.2, -0.15) is 13.2 Å². The number of nitrogens with two attached hydrogens (primary N) is 1. The molecule has 0 aliphatic heterocycles. The van der Waals surface area contributed by atoms with E-state index < -0.39 is 12.1 Å². The fourth-order valence-corrected chi connectivity index (χ4v) is 1.13. The van der Waals surface area contributed by atoms with E-state index in [0.29, 0.717) is 5.82 Å². The number of methoxy groups -OCH3 is 1. The highest BCUT2D eigenvalue weighted by Gasteiger charge is 2.38. The second-order valence-electron chi connectivity index (χ2n) is 3.45. The van der Waals surface area contributed by atoms with Gasteiger partial charge in [0, 0.05) is 6.07 Å². The van der Waals surface area contributed by atoms with E-state index in [2.05, 4.69) is 9.97 Å². The van der Waals surface area contributed by atoms with Crippen LogP contribution >= 0.6 is 0 Å². The lowest BCUT2D eigenvalue weighted by Crippen LogP contribution is -2.21. The summed E-state index contributed by atoms with van der Waals surface area (Å²) in [5, 5.41) is 7.12. The van der Waals surface area contributed by atoms with Crippen LogP contribution in [0.3, 0.4) is 0 Å². The number of nitrogen functional groups attached to an aromatic ring is 1. The number of aliphatic carboxylic acids is 1. The number of halogens is 3. The molecule has 1 aromatic heterocycles. The van der Waals surface area contributed by atoms with Crippen molar-refractivity contribution in [1.82, 2.24) is 9.97 Å². The summed E-state index contributed by atoms with van der Waals surface area (Å²) in [4.78, 5) is 17.1. The maximum atomic E-state index is 10.6. The summed E-state index contributed by atoms with van der Waals surface area (Å²) >= 11 is 0. The van der Waals surface area contributed by atoms with Gasteiger partial charge in [0.25, 0.3) is 0 Å². The molecule has 0 spiro atoms. The minimum atomic E-state index is -5.08. The van der Waals surface area contributed by atoms with E-state index in [-0.39, 0.29) is 0 Å². The number of nitrogens with zero attached hydrogens (tertiary/aromatic N) is 2. The SMILES string of the molecule is COc1ccc2ncc(N)nc2c1.O=C(O)C(F)(F)F. The summed E-state index contributed by atoms with van der Waals surface area (Å²) < 4.78 is 36.8. The van der Waals surface area contributed by atoms with Crippen molar-refractivity contribution in [3.63, 3.8) is 0 Å². The van der Waals surface area contributed by atoms with Crippen LogP contribution in [0.1, 0.15) is 0 Å². The highest BCUT2D eigenvalue weighted by Crippen LogP contribution is 2.17. The molecule has 2 rings (SSSR count). The third-order valence-corrected chi connectivity index (χ3v) is 2.01. The number of ether oxygens (including phenoxy) is 1. The lowest BCUT2D eigenvalue weighted by molar-refractivity contribution is -0.192. The standard InChI is InChI=1S/C9H9N3O.C2HF3O2/c1-13-6-2-3-7-8(4-6)12-9(10)5-11-7;3-2(4,5)1(6)7/h2-5H,1H3,(H2,10,12);(H,6,7). The number of carboxylic acid groups (broad SMARTS) is 1. The van der Waals surface area contributed by atoms with Gasteiger partial charge in [-0.3, -0.25) is 4.98 Å². The number of benzene rings is 1. The number of rotatable bonds is 1. The van der Waals surface area contributed by atoms with Gasteiger partial charge in [0.1, 0.15) is 11.6 Å². The van der Waals surface area contributed by atoms with Crippen molar-refractivity contribution in [1.29, 1.82) is 0 Å². The van der Waals surface area contributed by atoms with Crippen LogP contribution in [0.25, 0.3) is 11.0 Å². The van der Waals surface area contributed by atoms with Gasteiger partial charge < -0.3 is 15.6 Å². The van der Waals surface area contributed by atoms with Gasteiger partial charge in [-0.25, -0.2) is 9.78 Å². The molecule has 0 atom stereocenters. The Kier molecular flexibility index (Phi) is 4.68. The monoisotopic (exact) mass is 289 g/mol. The van der Waals surface area contributed by atoms with Gasteiger partial charge in [-0.05, 0) is 12.1 Å². The van der Waals surface area contributed by atoms with Crippen LogP contribution in [0, 0.1) is 0 Å². The van der Waals surface area contributed by atoms with Crippen molar-refractivity contribution in [3.8, 4) is 5.75 Å². The Balaban J connectivity index is 0.000000246. The maximum Gasteiger partial charge on any atom is 0.490 e. The zero-order valence-electron chi connectivity index (χ0n) is 10.2. The van der Waals surface area contributed by atoms with E-state index in [1.165, 1.54) is 6.20 Å². The van der Waals surface area contributed by atoms with Gasteiger partial charge in [0.2, 0.25) is 0 Å². The molecular weight excluding hydrogens is 279 g/mol. The number of fused-ring (bicyclic) bond motifs is 1. The fourth-order valence-electron chi connectivity index (χ4n) is 1.13. The van der Waals surface area contributed by atoms with Gasteiger partial charge >= 0.3 is 12.1 Å². The summed E-state index contributed by atoms with van der Waals surface area (Å²) in [6.07, 6.45) is -3.55. The van der Waals surface area contributed by atoms with Crippen LogP contribution in [0.2, 0.25) is 0 Å².